The third-order valence-electron chi connectivity index (χ3n) is 4.17. The van der Waals surface area contributed by atoms with E-state index in [1.165, 1.54) is 0 Å². The second kappa shape index (κ2) is 7.31. The first-order valence-electron chi connectivity index (χ1n) is 7.94. The van der Waals surface area contributed by atoms with E-state index in [1.807, 2.05) is 36.7 Å². The standard InChI is InChI=1S/C17H23N3O2/c21-17(18-7-11-19-8-1-2-9-19)15-5-3-10-20(13-15)14-16-6-4-12-22-16/h1-2,4,6,8-9,12,15H,3,5,7,10-11,13-14H2,(H,18,21)/t15-/m1/s1. The second-order valence-electron chi connectivity index (χ2n) is 5.87. The van der Waals surface area contributed by atoms with Gasteiger partial charge in [0.25, 0.3) is 0 Å². The Morgan fingerprint density at radius 2 is 2.18 bits per heavy atom. The summed E-state index contributed by atoms with van der Waals surface area (Å²) < 4.78 is 7.47. The number of carbonyl (C=O) groups is 1. The monoisotopic (exact) mass is 301 g/mol. The summed E-state index contributed by atoms with van der Waals surface area (Å²) in [4.78, 5) is 14.6. The Kier molecular flexibility index (Phi) is 4.96. The topological polar surface area (TPSA) is 50.4 Å². The first-order chi connectivity index (χ1) is 10.8. The Bertz CT molecular complexity index is 563. The van der Waals surface area contributed by atoms with Crippen molar-refractivity contribution < 1.29 is 9.21 Å². The van der Waals surface area contributed by atoms with Gasteiger partial charge in [0.05, 0.1) is 18.7 Å². The minimum Gasteiger partial charge on any atom is -0.468 e. The molecule has 1 amide bonds. The number of nitrogens with one attached hydrogen (secondary N) is 1. The molecule has 1 fully saturated rings. The van der Waals surface area contributed by atoms with E-state index in [-0.39, 0.29) is 11.8 Å². The molecule has 3 rings (SSSR count). The van der Waals surface area contributed by atoms with Gasteiger partial charge in [0.2, 0.25) is 5.91 Å². The molecule has 0 aliphatic carbocycles. The molecule has 0 aromatic carbocycles. The van der Waals surface area contributed by atoms with E-state index in [0.717, 1.165) is 44.8 Å². The molecular weight excluding hydrogens is 278 g/mol. The zero-order valence-corrected chi connectivity index (χ0v) is 12.8. The Labute approximate surface area is 130 Å². The van der Waals surface area contributed by atoms with Crippen LogP contribution in [0.4, 0.5) is 0 Å². The van der Waals surface area contributed by atoms with Crippen LogP contribution >= 0.6 is 0 Å². The molecule has 1 saturated heterocycles. The van der Waals surface area contributed by atoms with Crippen molar-refractivity contribution in [3.8, 4) is 0 Å². The third-order valence-corrected chi connectivity index (χ3v) is 4.17. The summed E-state index contributed by atoms with van der Waals surface area (Å²) in [7, 11) is 0. The van der Waals surface area contributed by atoms with Gasteiger partial charge in [-0.2, -0.15) is 0 Å². The second-order valence-corrected chi connectivity index (χ2v) is 5.87. The van der Waals surface area contributed by atoms with E-state index in [4.69, 9.17) is 4.42 Å². The molecule has 118 valence electrons. The highest BCUT2D eigenvalue weighted by molar-refractivity contribution is 5.78. The van der Waals surface area contributed by atoms with Gasteiger partial charge in [-0.1, -0.05) is 0 Å². The number of nitrogens with zero attached hydrogens (tertiary/aromatic N) is 2. The number of furan rings is 1. The summed E-state index contributed by atoms with van der Waals surface area (Å²) in [6.07, 6.45) is 7.76. The first-order valence-corrected chi connectivity index (χ1v) is 7.94. The maximum absolute atomic E-state index is 12.3. The van der Waals surface area contributed by atoms with Crippen LogP contribution in [0.25, 0.3) is 0 Å². The maximum atomic E-state index is 12.3. The first kappa shape index (κ1) is 14.9. The van der Waals surface area contributed by atoms with Crippen molar-refractivity contribution in [3.63, 3.8) is 0 Å². The van der Waals surface area contributed by atoms with E-state index in [9.17, 15) is 4.79 Å². The fourth-order valence-electron chi connectivity index (χ4n) is 3.01. The number of aromatic nitrogens is 1. The van der Waals surface area contributed by atoms with Crippen molar-refractivity contribution in [2.75, 3.05) is 19.6 Å². The largest absolute Gasteiger partial charge is 0.468 e. The highest BCUT2D eigenvalue weighted by Gasteiger charge is 2.25. The number of amides is 1. The Morgan fingerprint density at radius 3 is 2.95 bits per heavy atom. The smallest absolute Gasteiger partial charge is 0.224 e. The number of hydrogen-bond donors (Lipinski definition) is 1. The Morgan fingerprint density at radius 1 is 1.32 bits per heavy atom. The van der Waals surface area contributed by atoms with Crippen LogP contribution < -0.4 is 5.32 Å². The van der Waals surface area contributed by atoms with Crippen LogP contribution in [0.2, 0.25) is 0 Å². The van der Waals surface area contributed by atoms with Gasteiger partial charge >= 0.3 is 0 Å². The van der Waals surface area contributed by atoms with Crippen LogP contribution in [0, 0.1) is 5.92 Å². The van der Waals surface area contributed by atoms with Gasteiger partial charge in [-0.25, -0.2) is 0 Å². The Hall–Kier alpha value is -2.01. The average molecular weight is 301 g/mol. The van der Waals surface area contributed by atoms with Crippen LogP contribution in [0.1, 0.15) is 18.6 Å². The van der Waals surface area contributed by atoms with Crippen molar-refractivity contribution in [3.05, 3.63) is 48.7 Å². The molecule has 0 radical (unpaired) electrons. The zero-order chi connectivity index (χ0) is 15.2. The molecule has 1 aliphatic heterocycles. The normalized spacial score (nSPS) is 19.2. The molecule has 5 nitrogen and oxygen atoms in total. The zero-order valence-electron chi connectivity index (χ0n) is 12.8. The summed E-state index contributed by atoms with van der Waals surface area (Å²) >= 11 is 0. The van der Waals surface area contributed by atoms with E-state index in [0.29, 0.717) is 6.54 Å². The predicted molar refractivity (Wildman–Crippen MR) is 84.2 cm³/mol. The van der Waals surface area contributed by atoms with E-state index in [1.54, 1.807) is 6.26 Å². The molecule has 1 N–H and O–H groups in total. The van der Waals surface area contributed by atoms with Gasteiger partial charge in [-0.3, -0.25) is 9.69 Å². The quantitative estimate of drug-likeness (QED) is 0.889. The van der Waals surface area contributed by atoms with Crippen molar-refractivity contribution >= 4 is 5.91 Å². The number of hydrogen-bond acceptors (Lipinski definition) is 3. The molecule has 0 unspecified atom stereocenters. The number of rotatable bonds is 6. The number of carbonyl (C=O) groups excluding carboxylic acids is 1. The number of piperidine rings is 1. The molecule has 1 aliphatic rings. The van der Waals surface area contributed by atoms with Gasteiger partial charge in [-0.15, -0.1) is 0 Å². The minimum atomic E-state index is 0.0911. The lowest BCUT2D eigenvalue weighted by molar-refractivity contribution is -0.126. The minimum absolute atomic E-state index is 0.0911. The maximum Gasteiger partial charge on any atom is 0.224 e. The molecule has 1 atom stereocenters. The van der Waals surface area contributed by atoms with Gasteiger partial charge in [0, 0.05) is 32.0 Å². The van der Waals surface area contributed by atoms with Gasteiger partial charge in [-0.05, 0) is 43.7 Å². The predicted octanol–water partition coefficient (Wildman–Crippen LogP) is 2.11. The lowest BCUT2D eigenvalue weighted by Crippen LogP contribution is -2.43. The molecule has 2 aromatic rings. The molecule has 2 aromatic heterocycles. The van der Waals surface area contributed by atoms with Crippen LogP contribution in [0.3, 0.4) is 0 Å². The third kappa shape index (κ3) is 4.01. The number of likely N-dealkylation sites (tertiary alicyclic amines) is 1. The van der Waals surface area contributed by atoms with Crippen LogP contribution in [-0.4, -0.2) is 35.0 Å². The fourth-order valence-corrected chi connectivity index (χ4v) is 3.01. The fraction of sp³-hybridized carbons (Fsp3) is 0.471. The molecule has 5 heteroatoms. The van der Waals surface area contributed by atoms with Crippen molar-refractivity contribution in [2.24, 2.45) is 5.92 Å². The average Bonchev–Trinajstić information content (AvgIpc) is 3.21. The van der Waals surface area contributed by atoms with E-state index >= 15 is 0 Å². The van der Waals surface area contributed by atoms with Gasteiger partial charge in [0.15, 0.2) is 0 Å². The summed E-state index contributed by atoms with van der Waals surface area (Å²) in [5.74, 6) is 1.23. The summed E-state index contributed by atoms with van der Waals surface area (Å²) in [6, 6.07) is 7.89. The lowest BCUT2D eigenvalue weighted by atomic mass is 9.97. The molecule has 3 heterocycles. The van der Waals surface area contributed by atoms with Crippen LogP contribution in [0.15, 0.2) is 47.3 Å². The molecule has 0 saturated carbocycles. The highest BCUT2D eigenvalue weighted by atomic mass is 16.3. The summed E-state index contributed by atoms with van der Waals surface area (Å²) in [5.41, 5.74) is 0. The Balaban J connectivity index is 1.43. The molecule has 0 spiro atoms. The SMILES string of the molecule is O=C(NCCn1cccc1)[C@@H]1CCCN(Cc2ccco2)C1. The van der Waals surface area contributed by atoms with Gasteiger partial charge < -0.3 is 14.3 Å². The molecular formula is C17H23N3O2. The van der Waals surface area contributed by atoms with Gasteiger partial charge in [0.1, 0.15) is 5.76 Å². The van der Waals surface area contributed by atoms with E-state index < -0.39 is 0 Å². The summed E-state index contributed by atoms with van der Waals surface area (Å²) in [6.45, 7) is 4.15. The van der Waals surface area contributed by atoms with Crippen LogP contribution in [0.5, 0.6) is 0 Å². The highest BCUT2D eigenvalue weighted by Crippen LogP contribution is 2.18. The van der Waals surface area contributed by atoms with E-state index in [2.05, 4.69) is 14.8 Å². The van der Waals surface area contributed by atoms with Crippen molar-refractivity contribution in [1.29, 1.82) is 0 Å². The van der Waals surface area contributed by atoms with Crippen LogP contribution in [-0.2, 0) is 17.9 Å². The summed E-state index contributed by atoms with van der Waals surface area (Å²) in [5, 5.41) is 3.06. The lowest BCUT2D eigenvalue weighted by Gasteiger charge is -2.31. The molecule has 0 bridgehead atoms. The van der Waals surface area contributed by atoms with Crippen molar-refractivity contribution in [1.82, 2.24) is 14.8 Å². The molecule has 22 heavy (non-hydrogen) atoms. The van der Waals surface area contributed by atoms with Crippen molar-refractivity contribution in [2.45, 2.75) is 25.9 Å².